The van der Waals surface area contributed by atoms with Crippen LogP contribution in [0.5, 0.6) is 5.75 Å². The van der Waals surface area contributed by atoms with Crippen molar-refractivity contribution >= 4 is 33.5 Å². The van der Waals surface area contributed by atoms with Crippen LogP contribution in [-0.4, -0.2) is 33.7 Å². The van der Waals surface area contributed by atoms with E-state index in [1.807, 2.05) is 55.5 Å². The van der Waals surface area contributed by atoms with E-state index in [0.29, 0.717) is 34.0 Å². The number of rotatable bonds is 6. The lowest BCUT2D eigenvalue weighted by atomic mass is 10.1. The second-order valence-corrected chi connectivity index (χ2v) is 8.51. The molecule has 1 amide bonds. The van der Waals surface area contributed by atoms with Gasteiger partial charge in [0, 0.05) is 17.7 Å². The van der Waals surface area contributed by atoms with Gasteiger partial charge in [-0.1, -0.05) is 42.9 Å². The van der Waals surface area contributed by atoms with Crippen LogP contribution in [0.3, 0.4) is 0 Å². The van der Waals surface area contributed by atoms with Crippen LogP contribution in [0.2, 0.25) is 0 Å². The number of nitrogens with zero attached hydrogens (tertiary/aromatic N) is 4. The van der Waals surface area contributed by atoms with E-state index in [4.69, 9.17) is 4.74 Å². The van der Waals surface area contributed by atoms with Crippen LogP contribution in [0.25, 0.3) is 21.9 Å². The normalized spacial score (nSPS) is 14.9. The SMILES string of the molecule is CCCCOc1ccc(-c2nc3s/c(=C4\C(=O)N(CC)c5ccccc54)c(=O)n3n2)cc1. The van der Waals surface area contributed by atoms with Gasteiger partial charge >= 0.3 is 0 Å². The summed E-state index contributed by atoms with van der Waals surface area (Å²) in [4.78, 5) is 32.9. The van der Waals surface area contributed by atoms with E-state index in [1.165, 1.54) is 15.9 Å². The van der Waals surface area contributed by atoms with Gasteiger partial charge in [-0.2, -0.15) is 9.50 Å². The summed E-state index contributed by atoms with van der Waals surface area (Å²) in [7, 11) is 0. The topological polar surface area (TPSA) is 76.8 Å². The van der Waals surface area contributed by atoms with Gasteiger partial charge in [0.1, 0.15) is 10.3 Å². The van der Waals surface area contributed by atoms with Crippen molar-refractivity contribution in [3.8, 4) is 17.1 Å². The molecule has 32 heavy (non-hydrogen) atoms. The standard InChI is InChI=1S/C24H22N4O3S/c1-3-5-14-31-16-12-10-15(11-13-16)21-25-24-28(26-21)23(30)20(32-24)19-17-8-6-7-9-18(17)27(4-2)22(19)29/h6-13H,3-5,14H2,1-2H3/b20-19-. The predicted molar refractivity (Wildman–Crippen MR) is 125 cm³/mol. The second-order valence-electron chi connectivity index (χ2n) is 7.53. The van der Waals surface area contributed by atoms with Crippen LogP contribution >= 0.6 is 11.3 Å². The van der Waals surface area contributed by atoms with Crippen molar-refractivity contribution in [1.29, 1.82) is 0 Å². The lowest BCUT2D eigenvalue weighted by molar-refractivity contribution is -0.113. The van der Waals surface area contributed by atoms with Gasteiger partial charge in [0.05, 0.1) is 17.9 Å². The predicted octanol–water partition coefficient (Wildman–Crippen LogP) is 3.28. The molecule has 0 N–H and O–H groups in total. The fourth-order valence-electron chi connectivity index (χ4n) is 3.86. The first-order chi connectivity index (χ1) is 15.6. The first kappa shape index (κ1) is 20.4. The Morgan fingerprint density at radius 1 is 1.03 bits per heavy atom. The summed E-state index contributed by atoms with van der Waals surface area (Å²) in [5.74, 6) is 1.11. The molecule has 0 fully saturated rings. The maximum atomic E-state index is 13.2. The summed E-state index contributed by atoms with van der Waals surface area (Å²) < 4.78 is 7.36. The van der Waals surface area contributed by atoms with E-state index in [2.05, 4.69) is 17.0 Å². The van der Waals surface area contributed by atoms with E-state index in [0.717, 1.165) is 35.4 Å². The Morgan fingerprint density at radius 2 is 1.81 bits per heavy atom. The number of carbonyl (C=O) groups is 1. The van der Waals surface area contributed by atoms with Gasteiger partial charge in [-0.25, -0.2) is 0 Å². The summed E-state index contributed by atoms with van der Waals surface area (Å²) >= 11 is 1.20. The molecule has 162 valence electrons. The largest absolute Gasteiger partial charge is 0.494 e. The molecule has 5 rings (SSSR count). The lowest BCUT2D eigenvalue weighted by Gasteiger charge is -2.13. The van der Waals surface area contributed by atoms with Crippen molar-refractivity contribution in [3.05, 3.63) is 69.0 Å². The second kappa shape index (κ2) is 8.20. The summed E-state index contributed by atoms with van der Waals surface area (Å²) in [5, 5.41) is 4.42. The van der Waals surface area contributed by atoms with E-state index < -0.39 is 0 Å². The van der Waals surface area contributed by atoms with Crippen molar-refractivity contribution < 1.29 is 9.53 Å². The van der Waals surface area contributed by atoms with Crippen molar-refractivity contribution in [2.75, 3.05) is 18.1 Å². The Bertz CT molecular complexity index is 1420. The number of fused-ring (bicyclic) bond motifs is 2. The number of benzene rings is 2. The highest BCUT2D eigenvalue weighted by Crippen LogP contribution is 2.34. The van der Waals surface area contributed by atoms with Crippen LogP contribution in [0.4, 0.5) is 5.69 Å². The quantitative estimate of drug-likeness (QED) is 0.425. The molecule has 2 aromatic carbocycles. The number of thiazole rings is 1. The molecule has 8 heteroatoms. The van der Waals surface area contributed by atoms with Crippen molar-refractivity contribution in [3.63, 3.8) is 0 Å². The Morgan fingerprint density at radius 3 is 2.53 bits per heavy atom. The lowest BCUT2D eigenvalue weighted by Crippen LogP contribution is -2.32. The highest BCUT2D eigenvalue weighted by Gasteiger charge is 2.33. The molecule has 0 spiro atoms. The van der Waals surface area contributed by atoms with Crippen molar-refractivity contribution in [1.82, 2.24) is 14.6 Å². The molecular weight excluding hydrogens is 424 g/mol. The average Bonchev–Trinajstić information content (AvgIpc) is 3.44. The molecule has 4 aromatic rings. The fourth-order valence-corrected chi connectivity index (χ4v) is 4.85. The maximum Gasteiger partial charge on any atom is 0.291 e. The minimum atomic E-state index is -0.320. The number of para-hydroxylation sites is 1. The molecule has 0 unspecified atom stereocenters. The number of anilines is 1. The third-order valence-electron chi connectivity index (χ3n) is 5.50. The van der Waals surface area contributed by atoms with E-state index >= 15 is 0 Å². The first-order valence-electron chi connectivity index (χ1n) is 10.7. The monoisotopic (exact) mass is 446 g/mol. The molecular formula is C24H22N4O3S. The highest BCUT2D eigenvalue weighted by atomic mass is 32.1. The van der Waals surface area contributed by atoms with Gasteiger partial charge in [0.25, 0.3) is 11.5 Å². The van der Waals surface area contributed by atoms with E-state index in [1.54, 1.807) is 4.90 Å². The molecule has 0 saturated carbocycles. The molecule has 2 aromatic heterocycles. The van der Waals surface area contributed by atoms with Gasteiger partial charge in [-0.15, -0.1) is 5.10 Å². The van der Waals surface area contributed by atoms with Gasteiger partial charge in [-0.05, 0) is 43.7 Å². The van der Waals surface area contributed by atoms with Gasteiger partial charge in [-0.3, -0.25) is 9.59 Å². The zero-order chi connectivity index (χ0) is 22.2. The molecule has 1 aliphatic heterocycles. The first-order valence-corrected chi connectivity index (χ1v) is 11.5. The molecule has 0 aliphatic carbocycles. The number of carbonyl (C=O) groups excluding carboxylic acids is 1. The van der Waals surface area contributed by atoms with Gasteiger partial charge in [0.2, 0.25) is 4.96 Å². The molecule has 3 heterocycles. The van der Waals surface area contributed by atoms with Crippen molar-refractivity contribution in [2.45, 2.75) is 26.7 Å². The maximum absolute atomic E-state index is 13.2. The number of aromatic nitrogens is 3. The molecule has 1 aliphatic rings. The number of likely N-dealkylation sites (N-methyl/N-ethyl adjacent to an activating group) is 1. The number of amides is 1. The third kappa shape index (κ3) is 3.27. The van der Waals surface area contributed by atoms with Crippen LogP contribution in [-0.2, 0) is 4.79 Å². The van der Waals surface area contributed by atoms with Gasteiger partial charge < -0.3 is 9.64 Å². The Balaban J connectivity index is 1.54. The minimum absolute atomic E-state index is 0.158. The van der Waals surface area contributed by atoms with Gasteiger partial charge in [0.15, 0.2) is 5.82 Å². The van der Waals surface area contributed by atoms with Crippen LogP contribution in [0.15, 0.2) is 53.3 Å². The Labute approximate surface area is 188 Å². The van der Waals surface area contributed by atoms with E-state index in [9.17, 15) is 9.59 Å². The minimum Gasteiger partial charge on any atom is -0.494 e. The molecule has 0 bridgehead atoms. The Kier molecular flexibility index (Phi) is 5.22. The van der Waals surface area contributed by atoms with Crippen LogP contribution < -0.4 is 19.7 Å². The summed E-state index contributed by atoms with van der Waals surface area (Å²) in [6.45, 7) is 5.27. The van der Waals surface area contributed by atoms with Crippen LogP contribution in [0, 0.1) is 0 Å². The fraction of sp³-hybridized carbons (Fsp3) is 0.250. The summed E-state index contributed by atoms with van der Waals surface area (Å²) in [6, 6.07) is 15.1. The molecule has 7 nitrogen and oxygen atoms in total. The number of hydrogen-bond donors (Lipinski definition) is 0. The number of ether oxygens (including phenoxy) is 1. The number of hydrogen-bond acceptors (Lipinski definition) is 6. The molecule has 0 saturated heterocycles. The summed E-state index contributed by atoms with van der Waals surface area (Å²) in [5.41, 5.74) is 2.52. The Hall–Kier alpha value is -3.52. The number of unbranched alkanes of at least 4 members (excludes halogenated alkanes) is 1. The zero-order valence-electron chi connectivity index (χ0n) is 17.9. The highest BCUT2D eigenvalue weighted by molar-refractivity contribution is 7.15. The van der Waals surface area contributed by atoms with Crippen LogP contribution in [0.1, 0.15) is 32.3 Å². The van der Waals surface area contributed by atoms with Crippen molar-refractivity contribution in [2.24, 2.45) is 0 Å². The molecule has 0 radical (unpaired) electrons. The summed E-state index contributed by atoms with van der Waals surface area (Å²) in [6.07, 6.45) is 2.09. The average molecular weight is 447 g/mol. The third-order valence-corrected chi connectivity index (χ3v) is 6.53. The van der Waals surface area contributed by atoms with E-state index in [-0.39, 0.29) is 11.5 Å². The zero-order valence-corrected chi connectivity index (χ0v) is 18.7. The smallest absolute Gasteiger partial charge is 0.291 e. The molecule has 0 atom stereocenters.